The molecule has 5 heteroatoms. The van der Waals surface area contributed by atoms with E-state index in [4.69, 9.17) is 14.2 Å². The Kier molecular flexibility index (Phi) is 9.81. The molecular formula is C30H32O5. The van der Waals surface area contributed by atoms with Gasteiger partial charge in [-0.15, -0.1) is 0 Å². The summed E-state index contributed by atoms with van der Waals surface area (Å²) in [5.41, 5.74) is 4.76. The van der Waals surface area contributed by atoms with Crippen LogP contribution in [0.3, 0.4) is 0 Å². The molecular weight excluding hydrogens is 440 g/mol. The third-order valence-electron chi connectivity index (χ3n) is 5.57. The molecule has 3 aromatic rings. The molecule has 0 radical (unpaired) electrons. The van der Waals surface area contributed by atoms with Crippen molar-refractivity contribution in [3.8, 4) is 16.9 Å². The van der Waals surface area contributed by atoms with Crippen LogP contribution in [0.2, 0.25) is 0 Å². The Morgan fingerprint density at radius 3 is 2.14 bits per heavy atom. The lowest BCUT2D eigenvalue weighted by Crippen LogP contribution is -2.06. The van der Waals surface area contributed by atoms with Crippen molar-refractivity contribution < 1.29 is 23.8 Å². The van der Waals surface area contributed by atoms with Crippen molar-refractivity contribution in [2.45, 2.75) is 32.8 Å². The van der Waals surface area contributed by atoms with Crippen LogP contribution in [0, 0.1) is 0 Å². The van der Waals surface area contributed by atoms with E-state index < -0.39 is 0 Å². The number of benzene rings is 3. The number of unbranched alkanes of at least 4 members (excludes halogenated alkanes) is 2. The summed E-state index contributed by atoms with van der Waals surface area (Å²) in [4.78, 5) is 24.0. The van der Waals surface area contributed by atoms with E-state index >= 15 is 0 Å². The van der Waals surface area contributed by atoms with Gasteiger partial charge in [-0.05, 0) is 49.4 Å². The van der Waals surface area contributed by atoms with Gasteiger partial charge in [0, 0.05) is 28.9 Å². The number of hydrogen-bond donors (Lipinski definition) is 0. The lowest BCUT2D eigenvalue weighted by molar-refractivity contribution is -0.139. The number of esters is 1. The molecule has 0 amide bonds. The molecule has 3 aromatic carbocycles. The second-order valence-corrected chi connectivity index (χ2v) is 8.33. The summed E-state index contributed by atoms with van der Waals surface area (Å²) in [6, 6.07) is 22.9. The van der Waals surface area contributed by atoms with E-state index in [1.54, 1.807) is 14.0 Å². The van der Waals surface area contributed by atoms with Gasteiger partial charge in [0.2, 0.25) is 0 Å². The first-order chi connectivity index (χ1) is 17.0. The second kappa shape index (κ2) is 13.3. The average molecular weight is 473 g/mol. The zero-order chi connectivity index (χ0) is 25.0. The normalized spacial score (nSPS) is 10.6. The van der Waals surface area contributed by atoms with Gasteiger partial charge in [0.15, 0.2) is 5.78 Å². The van der Waals surface area contributed by atoms with Crippen molar-refractivity contribution in [3.63, 3.8) is 0 Å². The fourth-order valence-corrected chi connectivity index (χ4v) is 3.59. The highest BCUT2D eigenvalue weighted by atomic mass is 16.5. The van der Waals surface area contributed by atoms with E-state index in [2.05, 4.69) is 12.6 Å². The van der Waals surface area contributed by atoms with Gasteiger partial charge in [-0.1, -0.05) is 67.2 Å². The van der Waals surface area contributed by atoms with Crippen molar-refractivity contribution in [3.05, 3.63) is 102 Å². The van der Waals surface area contributed by atoms with Gasteiger partial charge < -0.3 is 14.2 Å². The monoisotopic (exact) mass is 472 g/mol. The number of methoxy groups -OCH3 is 1. The molecule has 0 saturated carbocycles. The van der Waals surface area contributed by atoms with Crippen LogP contribution in [0.25, 0.3) is 11.1 Å². The molecule has 0 spiro atoms. The Bertz CT molecular complexity index is 1130. The van der Waals surface area contributed by atoms with Crippen LogP contribution in [0.5, 0.6) is 5.75 Å². The van der Waals surface area contributed by atoms with E-state index in [0.717, 1.165) is 41.7 Å². The SMILES string of the molecule is C=C(C)C(=O)OCCCCCOCc1cc(-c2ccc(C(=O)c3ccccc3)cc2)ccc1OC. The highest BCUT2D eigenvalue weighted by Crippen LogP contribution is 2.28. The molecule has 0 heterocycles. The van der Waals surface area contributed by atoms with Crippen molar-refractivity contribution in [1.82, 2.24) is 0 Å². The van der Waals surface area contributed by atoms with E-state index in [-0.39, 0.29) is 11.8 Å². The number of carbonyl (C=O) groups is 2. The first kappa shape index (κ1) is 25.9. The minimum atomic E-state index is -0.342. The predicted octanol–water partition coefficient (Wildman–Crippen LogP) is 6.40. The fraction of sp³-hybridized carbons (Fsp3) is 0.267. The Morgan fingerprint density at radius 1 is 0.800 bits per heavy atom. The topological polar surface area (TPSA) is 61.8 Å². The molecule has 182 valence electrons. The van der Waals surface area contributed by atoms with Crippen molar-refractivity contribution in [2.75, 3.05) is 20.3 Å². The molecule has 0 N–H and O–H groups in total. The van der Waals surface area contributed by atoms with Gasteiger partial charge in [0.25, 0.3) is 0 Å². The van der Waals surface area contributed by atoms with E-state index in [1.165, 1.54) is 0 Å². The van der Waals surface area contributed by atoms with Crippen molar-refractivity contribution in [2.24, 2.45) is 0 Å². The number of ether oxygens (including phenoxy) is 3. The average Bonchev–Trinajstić information content (AvgIpc) is 2.90. The summed E-state index contributed by atoms with van der Waals surface area (Å²) in [6.07, 6.45) is 2.59. The number of carbonyl (C=O) groups excluding carboxylic acids is 2. The molecule has 3 rings (SSSR count). The Morgan fingerprint density at radius 2 is 1.46 bits per heavy atom. The standard InChI is InChI=1S/C30H32O5/c1-22(2)30(32)35-19-9-5-8-18-34-21-27-20-26(16-17-28(27)33-3)23-12-14-25(15-13-23)29(31)24-10-6-4-7-11-24/h4,6-7,10-17,20H,1,5,8-9,18-19,21H2,2-3H3. The van der Waals surface area contributed by atoms with Gasteiger partial charge in [0.05, 0.1) is 20.3 Å². The highest BCUT2D eigenvalue weighted by Gasteiger charge is 2.10. The molecule has 0 saturated heterocycles. The van der Waals surface area contributed by atoms with Crippen LogP contribution in [0.15, 0.2) is 84.9 Å². The van der Waals surface area contributed by atoms with Crippen LogP contribution in [0.1, 0.15) is 47.7 Å². The Labute approximate surface area is 207 Å². The molecule has 0 unspecified atom stereocenters. The molecule has 0 aliphatic carbocycles. The zero-order valence-corrected chi connectivity index (χ0v) is 20.4. The quantitative estimate of drug-likeness (QED) is 0.125. The van der Waals surface area contributed by atoms with Crippen LogP contribution >= 0.6 is 0 Å². The van der Waals surface area contributed by atoms with Gasteiger partial charge in [0.1, 0.15) is 5.75 Å². The minimum Gasteiger partial charge on any atom is -0.496 e. The molecule has 0 aromatic heterocycles. The highest BCUT2D eigenvalue weighted by molar-refractivity contribution is 6.09. The smallest absolute Gasteiger partial charge is 0.333 e. The Balaban J connectivity index is 1.53. The van der Waals surface area contributed by atoms with Crippen LogP contribution in [-0.4, -0.2) is 32.1 Å². The maximum absolute atomic E-state index is 12.7. The second-order valence-electron chi connectivity index (χ2n) is 8.33. The first-order valence-electron chi connectivity index (χ1n) is 11.8. The van der Waals surface area contributed by atoms with Crippen LogP contribution in [-0.2, 0) is 20.9 Å². The largest absolute Gasteiger partial charge is 0.496 e. The van der Waals surface area contributed by atoms with Crippen LogP contribution in [0.4, 0.5) is 0 Å². The van der Waals surface area contributed by atoms with Gasteiger partial charge in [-0.2, -0.15) is 0 Å². The summed E-state index contributed by atoms with van der Waals surface area (Å²) in [5, 5.41) is 0. The van der Waals surface area contributed by atoms with Gasteiger partial charge in [-0.25, -0.2) is 4.79 Å². The molecule has 0 bridgehead atoms. The summed E-state index contributed by atoms with van der Waals surface area (Å²) in [6.45, 7) is 6.65. The van der Waals surface area contributed by atoms with Crippen molar-refractivity contribution in [1.29, 1.82) is 0 Å². The van der Waals surface area contributed by atoms with E-state index in [0.29, 0.717) is 36.5 Å². The predicted molar refractivity (Wildman–Crippen MR) is 138 cm³/mol. The number of hydrogen-bond acceptors (Lipinski definition) is 5. The van der Waals surface area contributed by atoms with Gasteiger partial charge >= 0.3 is 5.97 Å². The van der Waals surface area contributed by atoms with Crippen molar-refractivity contribution >= 4 is 11.8 Å². The van der Waals surface area contributed by atoms with E-state index in [1.807, 2.05) is 66.7 Å². The Hall–Kier alpha value is -3.70. The van der Waals surface area contributed by atoms with E-state index in [9.17, 15) is 9.59 Å². The third kappa shape index (κ3) is 7.66. The minimum absolute atomic E-state index is 0.00921. The summed E-state index contributed by atoms with van der Waals surface area (Å²) in [5.74, 6) is 0.442. The molecule has 0 aliphatic rings. The summed E-state index contributed by atoms with van der Waals surface area (Å²) < 4.78 is 16.5. The van der Waals surface area contributed by atoms with Gasteiger partial charge in [-0.3, -0.25) is 4.79 Å². The summed E-state index contributed by atoms with van der Waals surface area (Å²) in [7, 11) is 1.65. The zero-order valence-electron chi connectivity index (χ0n) is 20.4. The molecule has 0 atom stereocenters. The number of ketones is 1. The maximum Gasteiger partial charge on any atom is 0.333 e. The first-order valence-corrected chi connectivity index (χ1v) is 11.8. The van der Waals surface area contributed by atoms with Crippen LogP contribution < -0.4 is 4.74 Å². The molecule has 5 nitrogen and oxygen atoms in total. The molecule has 0 aliphatic heterocycles. The molecule has 35 heavy (non-hydrogen) atoms. The molecule has 0 fully saturated rings. The third-order valence-corrected chi connectivity index (χ3v) is 5.57. The summed E-state index contributed by atoms with van der Waals surface area (Å²) >= 11 is 0. The lowest BCUT2D eigenvalue weighted by Gasteiger charge is -2.12. The maximum atomic E-state index is 12.7. The lowest BCUT2D eigenvalue weighted by atomic mass is 9.98. The fourth-order valence-electron chi connectivity index (χ4n) is 3.59. The number of rotatable bonds is 13.